The summed E-state index contributed by atoms with van der Waals surface area (Å²) in [6.45, 7) is 0.910. The van der Waals surface area contributed by atoms with Gasteiger partial charge in [-0.3, -0.25) is 9.59 Å². The monoisotopic (exact) mass is 393 g/mol. The summed E-state index contributed by atoms with van der Waals surface area (Å²) in [7, 11) is 0. The maximum Gasteiger partial charge on any atom is 0.290 e. The average molecular weight is 393 g/mol. The number of para-hydroxylation sites is 1. The molecule has 1 aromatic carbocycles. The zero-order chi connectivity index (χ0) is 20.0. The molecule has 7 heteroatoms. The van der Waals surface area contributed by atoms with Gasteiger partial charge in [0.05, 0.1) is 17.9 Å². The summed E-state index contributed by atoms with van der Waals surface area (Å²) in [5.41, 5.74) is 0.521. The standard InChI is InChI=1S/C22H19NO6/c24-20(17-11-13-5-1-2-7-15(13)29-17)18-19(16-8-4-10-28-16)23(22(26)21(18)25)12-14-6-3-9-27-14/h1-2,4-5,7-8,10-11,14,19,25H,3,6,9,12H2. The van der Waals surface area contributed by atoms with Crippen LogP contribution < -0.4 is 0 Å². The van der Waals surface area contributed by atoms with E-state index in [4.69, 9.17) is 13.6 Å². The maximum absolute atomic E-state index is 13.3. The lowest BCUT2D eigenvalue weighted by Crippen LogP contribution is -2.37. The lowest BCUT2D eigenvalue weighted by atomic mass is 9.99. The molecule has 2 atom stereocenters. The van der Waals surface area contributed by atoms with Crippen molar-refractivity contribution in [1.29, 1.82) is 0 Å². The Labute approximate surface area is 166 Å². The van der Waals surface area contributed by atoms with E-state index in [9.17, 15) is 14.7 Å². The van der Waals surface area contributed by atoms with Gasteiger partial charge in [-0.2, -0.15) is 0 Å². The topological polar surface area (TPSA) is 93.1 Å². The molecule has 4 heterocycles. The Balaban J connectivity index is 1.55. The first-order valence-electron chi connectivity index (χ1n) is 9.56. The van der Waals surface area contributed by atoms with Crippen molar-refractivity contribution in [3.05, 3.63) is 71.6 Å². The number of benzene rings is 1. The number of carbonyl (C=O) groups excluding carboxylic acids is 2. The summed E-state index contributed by atoms with van der Waals surface area (Å²) in [4.78, 5) is 27.6. The lowest BCUT2D eigenvalue weighted by Gasteiger charge is -2.27. The highest BCUT2D eigenvalue weighted by Crippen LogP contribution is 2.40. The molecule has 1 N–H and O–H groups in total. The average Bonchev–Trinajstić information content (AvgIpc) is 3.51. The number of aliphatic hydroxyl groups excluding tert-OH is 1. The molecular formula is C22H19NO6. The van der Waals surface area contributed by atoms with Crippen molar-refractivity contribution in [2.45, 2.75) is 25.0 Å². The molecule has 148 valence electrons. The zero-order valence-corrected chi connectivity index (χ0v) is 15.5. The molecule has 2 aromatic heterocycles. The summed E-state index contributed by atoms with van der Waals surface area (Å²) in [6, 6.07) is 11.4. The molecule has 3 aromatic rings. The number of Topliss-reactive ketones (excluding diaryl/α,β-unsaturated/α-hetero) is 1. The number of nitrogens with zero attached hydrogens (tertiary/aromatic N) is 1. The maximum atomic E-state index is 13.3. The Hall–Kier alpha value is -3.32. The minimum absolute atomic E-state index is 0.0398. The molecule has 2 aliphatic heterocycles. The number of carbonyl (C=O) groups is 2. The van der Waals surface area contributed by atoms with Crippen molar-refractivity contribution in [3.8, 4) is 0 Å². The third-order valence-electron chi connectivity index (χ3n) is 5.43. The van der Waals surface area contributed by atoms with Crippen LogP contribution in [0.3, 0.4) is 0 Å². The highest BCUT2D eigenvalue weighted by atomic mass is 16.5. The van der Waals surface area contributed by atoms with Gasteiger partial charge in [-0.25, -0.2) is 0 Å². The van der Waals surface area contributed by atoms with Crippen molar-refractivity contribution < 1.29 is 28.3 Å². The first-order chi connectivity index (χ1) is 14.1. The molecule has 2 unspecified atom stereocenters. The van der Waals surface area contributed by atoms with E-state index in [1.165, 1.54) is 11.2 Å². The molecular weight excluding hydrogens is 374 g/mol. The number of rotatable bonds is 5. The van der Waals surface area contributed by atoms with E-state index in [0.29, 0.717) is 18.0 Å². The molecule has 0 spiro atoms. The van der Waals surface area contributed by atoms with Crippen LogP contribution in [-0.2, 0) is 9.53 Å². The van der Waals surface area contributed by atoms with Crippen LogP contribution in [0, 0.1) is 0 Å². The van der Waals surface area contributed by atoms with Gasteiger partial charge in [-0.15, -0.1) is 0 Å². The predicted molar refractivity (Wildman–Crippen MR) is 102 cm³/mol. The smallest absolute Gasteiger partial charge is 0.290 e. The van der Waals surface area contributed by atoms with E-state index in [1.54, 1.807) is 24.3 Å². The molecule has 7 nitrogen and oxygen atoms in total. The first-order valence-corrected chi connectivity index (χ1v) is 9.56. The van der Waals surface area contributed by atoms with Crippen LogP contribution in [0.25, 0.3) is 11.0 Å². The Bertz CT molecular complexity index is 1070. The van der Waals surface area contributed by atoms with Crippen LogP contribution in [0.15, 0.2) is 68.9 Å². The van der Waals surface area contributed by atoms with Gasteiger partial charge in [0, 0.05) is 18.5 Å². The van der Waals surface area contributed by atoms with E-state index in [0.717, 1.165) is 18.2 Å². The molecule has 0 aliphatic carbocycles. The molecule has 0 bridgehead atoms. The van der Waals surface area contributed by atoms with E-state index in [2.05, 4.69) is 0 Å². The SMILES string of the molecule is O=C(C1=C(O)C(=O)N(CC2CCCO2)C1c1ccco1)c1cc2ccccc2o1. The molecule has 29 heavy (non-hydrogen) atoms. The van der Waals surface area contributed by atoms with Crippen molar-refractivity contribution in [2.75, 3.05) is 13.2 Å². The summed E-state index contributed by atoms with van der Waals surface area (Å²) < 4.78 is 16.9. The van der Waals surface area contributed by atoms with Gasteiger partial charge in [0.1, 0.15) is 17.4 Å². The van der Waals surface area contributed by atoms with Crippen LogP contribution in [-0.4, -0.2) is 41.0 Å². The molecule has 2 aliphatic rings. The number of hydrogen-bond acceptors (Lipinski definition) is 6. The Morgan fingerprint density at radius 1 is 1.21 bits per heavy atom. The van der Waals surface area contributed by atoms with E-state index in [-0.39, 0.29) is 24.0 Å². The molecule has 5 rings (SSSR count). The Kier molecular flexibility index (Phi) is 4.24. The van der Waals surface area contributed by atoms with Crippen LogP contribution in [0.4, 0.5) is 0 Å². The van der Waals surface area contributed by atoms with Crippen LogP contribution in [0.1, 0.15) is 35.2 Å². The predicted octanol–water partition coefficient (Wildman–Crippen LogP) is 3.78. The highest BCUT2D eigenvalue weighted by molar-refractivity contribution is 6.15. The second-order valence-electron chi connectivity index (χ2n) is 7.25. The van der Waals surface area contributed by atoms with Gasteiger partial charge >= 0.3 is 0 Å². The third-order valence-corrected chi connectivity index (χ3v) is 5.43. The molecule has 1 fully saturated rings. The quantitative estimate of drug-likeness (QED) is 0.663. The van der Waals surface area contributed by atoms with Gasteiger partial charge in [0.25, 0.3) is 5.91 Å². The van der Waals surface area contributed by atoms with Gasteiger partial charge in [-0.05, 0) is 37.1 Å². The summed E-state index contributed by atoms with van der Waals surface area (Å²) in [6.07, 6.45) is 3.08. The normalized spacial score (nSPS) is 22.2. The highest BCUT2D eigenvalue weighted by Gasteiger charge is 2.46. The minimum Gasteiger partial charge on any atom is -0.503 e. The number of ether oxygens (including phenoxy) is 1. The van der Waals surface area contributed by atoms with Gasteiger partial charge in [-0.1, -0.05) is 18.2 Å². The van der Waals surface area contributed by atoms with Gasteiger partial charge in [0.2, 0.25) is 5.78 Å². The van der Waals surface area contributed by atoms with Crippen molar-refractivity contribution in [1.82, 2.24) is 4.90 Å². The molecule has 1 amide bonds. The Morgan fingerprint density at radius 3 is 2.79 bits per heavy atom. The zero-order valence-electron chi connectivity index (χ0n) is 15.5. The number of furan rings is 2. The minimum atomic E-state index is -0.831. The van der Waals surface area contributed by atoms with Crippen molar-refractivity contribution >= 4 is 22.7 Å². The fourth-order valence-corrected chi connectivity index (χ4v) is 4.05. The number of ketones is 1. The first kappa shape index (κ1) is 17.8. The van der Waals surface area contributed by atoms with Gasteiger partial charge < -0.3 is 23.6 Å². The van der Waals surface area contributed by atoms with E-state index in [1.807, 2.05) is 18.2 Å². The fraction of sp³-hybridized carbons (Fsp3) is 0.273. The fourth-order valence-electron chi connectivity index (χ4n) is 4.05. The van der Waals surface area contributed by atoms with E-state index >= 15 is 0 Å². The van der Waals surface area contributed by atoms with Crippen molar-refractivity contribution in [3.63, 3.8) is 0 Å². The number of amides is 1. The summed E-state index contributed by atoms with van der Waals surface area (Å²) in [5.74, 6) is -1.25. The van der Waals surface area contributed by atoms with Crippen LogP contribution >= 0.6 is 0 Å². The summed E-state index contributed by atoms with van der Waals surface area (Å²) in [5, 5.41) is 11.4. The number of fused-ring (bicyclic) bond motifs is 1. The second kappa shape index (κ2) is 6.93. The van der Waals surface area contributed by atoms with Crippen molar-refractivity contribution in [2.24, 2.45) is 0 Å². The third kappa shape index (κ3) is 2.94. The molecule has 1 saturated heterocycles. The van der Waals surface area contributed by atoms with Crippen LogP contribution in [0.5, 0.6) is 0 Å². The molecule has 0 saturated carbocycles. The second-order valence-corrected chi connectivity index (χ2v) is 7.25. The van der Waals surface area contributed by atoms with E-state index < -0.39 is 23.5 Å². The summed E-state index contributed by atoms with van der Waals surface area (Å²) >= 11 is 0. The number of hydrogen-bond donors (Lipinski definition) is 1. The van der Waals surface area contributed by atoms with Crippen LogP contribution in [0.2, 0.25) is 0 Å². The number of aliphatic hydroxyl groups is 1. The molecule has 0 radical (unpaired) electrons. The Morgan fingerprint density at radius 2 is 2.07 bits per heavy atom. The van der Waals surface area contributed by atoms with Gasteiger partial charge in [0.15, 0.2) is 11.5 Å². The largest absolute Gasteiger partial charge is 0.503 e. The lowest BCUT2D eigenvalue weighted by molar-refractivity contribution is -0.131.